The first-order valence-electron chi connectivity index (χ1n) is 16.8. The number of benzene rings is 2. The normalized spacial score (nSPS) is 21.8. The van der Waals surface area contributed by atoms with E-state index in [-0.39, 0.29) is 28.9 Å². The van der Waals surface area contributed by atoms with Crippen LogP contribution in [0, 0.1) is 6.92 Å². The van der Waals surface area contributed by atoms with Crippen LogP contribution in [0.3, 0.4) is 0 Å². The number of hydrogen-bond acceptors (Lipinski definition) is 9. The minimum atomic E-state index is -2.43. The highest BCUT2D eigenvalue weighted by atomic mass is 28.4. The Bertz CT molecular complexity index is 1890. The van der Waals surface area contributed by atoms with Crippen molar-refractivity contribution in [3.05, 3.63) is 105 Å². The Hall–Kier alpha value is -4.29. The number of aliphatic hydroxyl groups excluding tert-OH is 2. The van der Waals surface area contributed by atoms with Gasteiger partial charge in [-0.15, -0.1) is 0 Å². The molecule has 0 spiro atoms. The number of allylic oxidation sites excluding steroid dienone is 1. The molecule has 2 N–H and O–H groups in total. The van der Waals surface area contributed by atoms with Crippen LogP contribution in [0.25, 0.3) is 6.08 Å². The third-order valence-corrected chi connectivity index (χ3v) is 15.1. The molecule has 3 atom stereocenters. The van der Waals surface area contributed by atoms with Crippen molar-refractivity contribution in [3.63, 3.8) is 0 Å². The molecule has 3 aliphatic heterocycles. The third kappa shape index (κ3) is 5.38. The van der Waals surface area contributed by atoms with Gasteiger partial charge in [0.25, 0.3) is 14.2 Å². The van der Waals surface area contributed by atoms with Crippen molar-refractivity contribution in [1.82, 2.24) is 9.80 Å². The summed E-state index contributed by atoms with van der Waals surface area (Å²) in [7, 11) is 4.02. The van der Waals surface area contributed by atoms with Gasteiger partial charge in [-0.3, -0.25) is 9.69 Å². The van der Waals surface area contributed by atoms with Gasteiger partial charge in [0, 0.05) is 47.6 Å². The average Bonchev–Trinajstić information content (AvgIpc) is 3.07. The number of fused-ring (bicyclic) bond motifs is 6. The lowest BCUT2D eigenvalue weighted by Crippen LogP contribution is -2.52. The summed E-state index contributed by atoms with van der Waals surface area (Å²) < 4.78 is 31.3. The molecule has 11 heteroatoms. The van der Waals surface area contributed by atoms with Crippen LogP contribution >= 0.6 is 0 Å². The molecule has 2 bridgehead atoms. The summed E-state index contributed by atoms with van der Waals surface area (Å²) in [6, 6.07) is 9.17. The largest absolute Gasteiger partial charge is 0.543 e. The number of ether oxygens (including phenoxy) is 4. The van der Waals surface area contributed by atoms with Crippen LogP contribution in [0.1, 0.15) is 49.1 Å². The Morgan fingerprint density at radius 3 is 2.24 bits per heavy atom. The van der Waals surface area contributed by atoms with Crippen LogP contribution in [0.15, 0.2) is 82.6 Å². The van der Waals surface area contributed by atoms with Crippen molar-refractivity contribution in [2.45, 2.75) is 70.7 Å². The van der Waals surface area contributed by atoms with E-state index in [1.54, 1.807) is 37.1 Å². The summed E-state index contributed by atoms with van der Waals surface area (Å²) in [4.78, 5) is 18.2. The molecule has 266 valence electrons. The first kappa shape index (κ1) is 35.5. The summed E-state index contributed by atoms with van der Waals surface area (Å²) in [6.45, 7) is 17.3. The standard InChI is InChI=1S/C39H48N2O8Si/c1-21-32(42)24-17-27-38(44)41-26(31(40(27)6)30(24)33(43)35(21)45-7)18-25-29(28(41)20-48-19-23-15-13-12-14-16-23)37(47-9)36(46-8)22(2)34(25)49-50(10,11)39(3,4)5/h12-18,28,33,35,42-43H,1,19-20H2,2-11H3/t28-,33?,35?/m0/s1. The Morgan fingerprint density at radius 1 is 0.980 bits per heavy atom. The number of rotatable bonds is 9. The second kappa shape index (κ2) is 12.8. The summed E-state index contributed by atoms with van der Waals surface area (Å²) >= 11 is 0. The molecular weight excluding hydrogens is 653 g/mol. The molecule has 2 unspecified atom stereocenters. The summed E-state index contributed by atoms with van der Waals surface area (Å²) in [5, 5.41) is 23.0. The van der Waals surface area contributed by atoms with Crippen LogP contribution in [-0.2, 0) is 20.9 Å². The Labute approximate surface area is 295 Å². The quantitative estimate of drug-likeness (QED) is 0.277. The van der Waals surface area contributed by atoms with Crippen LogP contribution in [0.5, 0.6) is 17.2 Å². The molecule has 10 nitrogen and oxygen atoms in total. The highest BCUT2D eigenvalue weighted by molar-refractivity contribution is 6.74. The van der Waals surface area contributed by atoms with Crippen molar-refractivity contribution in [2.75, 3.05) is 35.0 Å². The zero-order valence-corrected chi connectivity index (χ0v) is 31.6. The number of nitrogens with zero attached hydrogens (tertiary/aromatic N) is 2. The van der Waals surface area contributed by atoms with E-state index in [4.69, 9.17) is 23.4 Å². The minimum absolute atomic E-state index is 0.112. The van der Waals surface area contributed by atoms with Gasteiger partial charge in [-0.1, -0.05) is 57.7 Å². The fraction of sp³-hybridized carbons (Fsp3) is 0.410. The number of carbonyl (C=O) groups is 1. The van der Waals surface area contributed by atoms with Crippen LogP contribution in [0.2, 0.25) is 18.1 Å². The van der Waals surface area contributed by atoms with Crippen LogP contribution < -0.4 is 13.9 Å². The molecule has 1 amide bonds. The van der Waals surface area contributed by atoms with E-state index in [0.717, 1.165) is 16.7 Å². The van der Waals surface area contributed by atoms with Crippen LogP contribution in [-0.4, -0.2) is 81.4 Å². The molecule has 0 radical (unpaired) electrons. The molecule has 2 aromatic rings. The number of likely N-dealkylation sites (N-methyl/N-ethyl adjacent to an activating group) is 1. The number of carbonyl (C=O) groups excluding carboxylic acids is 1. The molecule has 6 rings (SSSR count). The van der Waals surface area contributed by atoms with E-state index in [1.165, 1.54) is 7.11 Å². The summed E-state index contributed by atoms with van der Waals surface area (Å²) in [6.07, 6.45) is 1.49. The fourth-order valence-electron chi connectivity index (χ4n) is 7.06. The second-order valence-corrected chi connectivity index (χ2v) is 19.4. The summed E-state index contributed by atoms with van der Waals surface area (Å²) in [5.74, 6) is 1.23. The molecule has 2 aromatic carbocycles. The first-order valence-corrected chi connectivity index (χ1v) is 19.7. The number of hydrogen-bond donors (Lipinski definition) is 2. The van der Waals surface area contributed by atoms with E-state index in [1.807, 2.05) is 43.3 Å². The van der Waals surface area contributed by atoms with Gasteiger partial charge in [0.1, 0.15) is 29.4 Å². The molecule has 1 saturated heterocycles. The molecule has 0 saturated carbocycles. The van der Waals surface area contributed by atoms with E-state index in [2.05, 4.69) is 40.4 Å². The van der Waals surface area contributed by atoms with E-state index in [0.29, 0.717) is 57.7 Å². The lowest BCUT2D eigenvalue weighted by Gasteiger charge is -2.50. The highest BCUT2D eigenvalue weighted by Crippen LogP contribution is 2.56. The van der Waals surface area contributed by atoms with Gasteiger partial charge < -0.3 is 38.5 Å². The van der Waals surface area contributed by atoms with Gasteiger partial charge in [0.15, 0.2) is 11.5 Å². The van der Waals surface area contributed by atoms with Crippen molar-refractivity contribution in [1.29, 1.82) is 0 Å². The van der Waals surface area contributed by atoms with Crippen molar-refractivity contribution < 1.29 is 38.4 Å². The Kier molecular flexibility index (Phi) is 9.09. The lowest BCUT2D eigenvalue weighted by molar-refractivity contribution is -0.131. The SMILES string of the molecule is C=C1C(O)=C2C=C3C(=O)N4C(=Cc5c(O[Si](C)(C)C(C)(C)C)c(C)c(OC)c(OC)c5[C@@H]4COCc4ccccc4)C(=C2C(O)C1OC)N3C. The molecule has 3 heterocycles. The first-order chi connectivity index (χ1) is 23.6. The van der Waals surface area contributed by atoms with Gasteiger partial charge in [0.05, 0.1) is 44.9 Å². The predicted molar refractivity (Wildman–Crippen MR) is 194 cm³/mol. The van der Waals surface area contributed by atoms with Gasteiger partial charge in [-0.05, 0) is 42.8 Å². The molecule has 1 aliphatic carbocycles. The van der Waals surface area contributed by atoms with Gasteiger partial charge >= 0.3 is 0 Å². The predicted octanol–water partition coefficient (Wildman–Crippen LogP) is 6.69. The maximum absolute atomic E-state index is 14.8. The maximum atomic E-state index is 14.8. The van der Waals surface area contributed by atoms with Crippen molar-refractivity contribution in [3.8, 4) is 17.2 Å². The zero-order valence-electron chi connectivity index (χ0n) is 30.6. The summed E-state index contributed by atoms with van der Waals surface area (Å²) in [5.41, 5.74) is 5.65. The highest BCUT2D eigenvalue weighted by Gasteiger charge is 2.51. The smallest absolute Gasteiger partial charge is 0.275 e. The lowest BCUT2D eigenvalue weighted by atomic mass is 9.78. The topological polar surface area (TPSA) is 110 Å². The molecule has 1 fully saturated rings. The zero-order chi connectivity index (χ0) is 36.4. The average molecular weight is 701 g/mol. The molecule has 4 aliphatic rings. The molecular formula is C39H48N2O8Si. The monoisotopic (exact) mass is 700 g/mol. The van der Waals surface area contributed by atoms with E-state index >= 15 is 0 Å². The number of aliphatic hydroxyl groups is 2. The van der Waals surface area contributed by atoms with E-state index < -0.39 is 26.6 Å². The van der Waals surface area contributed by atoms with Crippen molar-refractivity contribution >= 4 is 20.3 Å². The number of piperazine rings is 1. The number of methoxy groups -OCH3 is 3. The molecule has 50 heavy (non-hydrogen) atoms. The Morgan fingerprint density at radius 2 is 1.64 bits per heavy atom. The van der Waals surface area contributed by atoms with E-state index in [9.17, 15) is 15.0 Å². The maximum Gasteiger partial charge on any atom is 0.275 e. The van der Waals surface area contributed by atoms with Gasteiger partial charge in [0.2, 0.25) is 0 Å². The molecule has 0 aromatic heterocycles. The van der Waals surface area contributed by atoms with Gasteiger partial charge in [-0.2, -0.15) is 0 Å². The van der Waals surface area contributed by atoms with Gasteiger partial charge in [-0.25, -0.2) is 0 Å². The van der Waals surface area contributed by atoms with Crippen LogP contribution in [0.4, 0.5) is 0 Å². The third-order valence-electron chi connectivity index (χ3n) is 10.8. The number of amides is 1. The minimum Gasteiger partial charge on any atom is -0.543 e. The Balaban J connectivity index is 1.67. The fourth-order valence-corrected chi connectivity index (χ4v) is 8.14. The second-order valence-electron chi connectivity index (χ2n) is 14.7. The van der Waals surface area contributed by atoms with Crippen molar-refractivity contribution in [2.24, 2.45) is 0 Å².